The number of nitrogens with one attached hydrogen (secondary N) is 2. The number of ether oxygens (including phenoxy) is 3. The molecular formula is C57H73N5O10. The maximum atomic E-state index is 14.2. The van der Waals surface area contributed by atoms with Crippen LogP contribution in [0.1, 0.15) is 115 Å². The van der Waals surface area contributed by atoms with Crippen LogP contribution in [-0.4, -0.2) is 128 Å². The van der Waals surface area contributed by atoms with Gasteiger partial charge in [0.2, 0.25) is 17.5 Å². The number of likely N-dealkylation sites (N-methyl/N-ethyl adjacent to an activating group) is 1. The van der Waals surface area contributed by atoms with E-state index < -0.39 is 35.7 Å². The van der Waals surface area contributed by atoms with E-state index >= 15 is 0 Å². The summed E-state index contributed by atoms with van der Waals surface area (Å²) < 4.78 is 17.8. The van der Waals surface area contributed by atoms with E-state index in [1.807, 2.05) is 44.2 Å². The molecule has 0 unspecified atom stereocenters. The number of fused-ring (bicyclic) bond motifs is 6. The standard InChI is InChI=1S/C33H37N5O5.C24H36O5/c1-32(35-29(39)21-15-23-22-10-6-11-24-28(22)20(17-34-24)16-25(23)36(2)18-21)31(41)38-26(14-19-8-4-3-5-9-19)30(40)37-13-7-12-27(37)33(38,42)43-32;1-5-15(3)24(27)29-21-11-14(2)10-17-7-6-16(4)20(23(17)21)9-8-19-12-18(25)13-22(26)28-19/h3-6,8-11,17,21,23,25-27,34,42H,7,12-16,18H2,1-2H3,(H,35,39);6-7,10,14-16,18-21,23,25H,5,8-9,11-13H2,1-4H3/t21-,23-,25-,26+,27+,32-,33+;14-,15-,16-,18+,19+,20-,21-,23-/m10/s1. The third-order valence-corrected chi connectivity index (χ3v) is 17.6. The fourth-order valence-corrected chi connectivity index (χ4v) is 13.7. The lowest BCUT2D eigenvalue weighted by molar-refractivity contribution is -0.315. The summed E-state index contributed by atoms with van der Waals surface area (Å²) in [6, 6.07) is 14.4. The fraction of sp³-hybridized carbons (Fsp3) is 0.596. The number of rotatable bonds is 10. The van der Waals surface area contributed by atoms with Crippen molar-refractivity contribution in [2.75, 3.05) is 20.1 Å². The molecule has 5 fully saturated rings. The maximum Gasteiger partial charge on any atom is 0.308 e. The monoisotopic (exact) mass is 988 g/mol. The second-order valence-electron chi connectivity index (χ2n) is 22.5. The van der Waals surface area contributed by atoms with E-state index in [9.17, 15) is 34.2 Å². The minimum Gasteiger partial charge on any atom is -0.462 e. The van der Waals surface area contributed by atoms with Crippen molar-refractivity contribution in [2.24, 2.45) is 35.5 Å². The molecule has 5 aliphatic heterocycles. The Bertz CT molecular complexity index is 2630. The average molecular weight is 988 g/mol. The summed E-state index contributed by atoms with van der Waals surface area (Å²) in [5, 5.41) is 26.1. The predicted molar refractivity (Wildman–Crippen MR) is 268 cm³/mol. The number of carbonyl (C=O) groups is 5. The van der Waals surface area contributed by atoms with Gasteiger partial charge < -0.3 is 39.8 Å². The second-order valence-corrected chi connectivity index (χ2v) is 22.5. The van der Waals surface area contributed by atoms with Crippen LogP contribution in [0.3, 0.4) is 0 Å². The summed E-state index contributed by atoms with van der Waals surface area (Å²) in [4.78, 5) is 74.6. The second kappa shape index (κ2) is 19.8. The number of piperazine rings is 1. The van der Waals surface area contributed by atoms with Gasteiger partial charge in [-0.1, -0.05) is 88.4 Å². The number of aromatic amines is 1. The molecule has 0 radical (unpaired) electrons. The van der Waals surface area contributed by atoms with Gasteiger partial charge >= 0.3 is 11.9 Å². The van der Waals surface area contributed by atoms with Gasteiger partial charge in [0.05, 0.1) is 24.4 Å². The number of aliphatic hydroxyl groups excluding tert-OH is 1. The number of piperidine rings is 1. The van der Waals surface area contributed by atoms with Crippen molar-refractivity contribution in [3.05, 3.63) is 95.2 Å². The van der Waals surface area contributed by atoms with Crippen LogP contribution >= 0.6 is 0 Å². The van der Waals surface area contributed by atoms with E-state index in [0.29, 0.717) is 56.5 Å². The van der Waals surface area contributed by atoms with Crippen molar-refractivity contribution >= 4 is 40.6 Å². The van der Waals surface area contributed by atoms with Gasteiger partial charge in [0.15, 0.2) is 0 Å². The molecular weight excluding hydrogens is 915 g/mol. The highest BCUT2D eigenvalue weighted by Gasteiger charge is 2.70. The number of nitrogens with zero attached hydrogens (tertiary/aromatic N) is 3. The normalized spacial score (nSPS) is 36.3. The average Bonchev–Trinajstić information content (AvgIpc) is 4.07. The number of aliphatic hydroxyl groups is 2. The van der Waals surface area contributed by atoms with Gasteiger partial charge in [0.1, 0.15) is 24.3 Å². The van der Waals surface area contributed by atoms with Crippen molar-refractivity contribution in [3.63, 3.8) is 0 Å². The molecule has 6 heterocycles. The first-order valence-electron chi connectivity index (χ1n) is 26.7. The summed E-state index contributed by atoms with van der Waals surface area (Å²) in [5.41, 5.74) is 4.01. The molecule has 386 valence electrons. The third kappa shape index (κ3) is 9.21. The number of aromatic nitrogens is 1. The van der Waals surface area contributed by atoms with E-state index in [1.165, 1.54) is 33.9 Å². The van der Waals surface area contributed by atoms with Crippen LogP contribution in [0, 0.1) is 35.5 Å². The molecule has 15 heteroatoms. The molecule has 5 saturated heterocycles. The third-order valence-electron chi connectivity index (χ3n) is 17.6. The summed E-state index contributed by atoms with van der Waals surface area (Å²) in [5.74, 6) is -2.56. The molecule has 11 rings (SSSR count). The quantitative estimate of drug-likeness (QED) is 0.167. The van der Waals surface area contributed by atoms with Crippen molar-refractivity contribution in [1.82, 2.24) is 25.0 Å². The fourth-order valence-electron chi connectivity index (χ4n) is 13.7. The first-order chi connectivity index (χ1) is 34.5. The molecule has 15 atom stereocenters. The van der Waals surface area contributed by atoms with Crippen molar-refractivity contribution in [2.45, 2.75) is 159 Å². The van der Waals surface area contributed by atoms with E-state index in [2.05, 4.69) is 78.7 Å². The number of hydrogen-bond donors (Lipinski definition) is 4. The number of likely N-dealkylation sites (tertiary alicyclic amines) is 1. The van der Waals surface area contributed by atoms with Crippen LogP contribution in [-0.2, 0) is 51.0 Å². The molecule has 15 nitrogen and oxygen atoms in total. The van der Waals surface area contributed by atoms with E-state index in [0.717, 1.165) is 43.2 Å². The molecule has 3 aromatic rings. The smallest absolute Gasteiger partial charge is 0.308 e. The van der Waals surface area contributed by atoms with E-state index in [4.69, 9.17) is 14.2 Å². The number of esters is 2. The topological polar surface area (TPSA) is 191 Å². The molecule has 0 saturated carbocycles. The van der Waals surface area contributed by atoms with Crippen LogP contribution in [0.2, 0.25) is 0 Å². The zero-order valence-electron chi connectivity index (χ0n) is 42.6. The van der Waals surface area contributed by atoms with Gasteiger partial charge in [-0.25, -0.2) is 0 Å². The maximum absolute atomic E-state index is 14.2. The molecule has 3 amide bonds. The van der Waals surface area contributed by atoms with E-state index in [-0.39, 0.29) is 78.5 Å². The molecule has 8 aliphatic rings. The summed E-state index contributed by atoms with van der Waals surface area (Å²) in [6.07, 6.45) is 14.8. The Balaban J connectivity index is 0.000000180. The number of amides is 3. The van der Waals surface area contributed by atoms with Gasteiger partial charge in [-0.05, 0) is 111 Å². The molecule has 0 spiro atoms. The van der Waals surface area contributed by atoms with Crippen LogP contribution < -0.4 is 5.32 Å². The highest BCUT2D eigenvalue weighted by atomic mass is 16.7. The number of cyclic esters (lactones) is 1. The SMILES string of the molecule is CC[C@H](C)C(=O)O[C@H]1C[C@@H](C)C=C2C=C[C@H](C)[C@H](CC[C@@H]3C[C@@H](O)CC(=O)O3)[C@H]21.CN1C[C@H](C(=O)N[C@]2(C)O[C@@]3(O)[C@@H]4CCCN4C(=O)[C@H](Cc4ccccc4)N3C2=O)C[C@@H]2c3cccc4[nH]cc(c34)C[C@H]21. The van der Waals surface area contributed by atoms with Crippen molar-refractivity contribution in [1.29, 1.82) is 0 Å². The van der Waals surface area contributed by atoms with Crippen molar-refractivity contribution in [3.8, 4) is 0 Å². The lowest BCUT2D eigenvalue weighted by Crippen LogP contribution is -2.71. The van der Waals surface area contributed by atoms with Crippen LogP contribution in [0.25, 0.3) is 10.9 Å². The van der Waals surface area contributed by atoms with Crippen molar-refractivity contribution < 1.29 is 48.4 Å². The van der Waals surface area contributed by atoms with Gasteiger partial charge in [-0.2, -0.15) is 0 Å². The van der Waals surface area contributed by atoms with Gasteiger partial charge in [-0.3, -0.25) is 33.6 Å². The highest BCUT2D eigenvalue weighted by Crippen LogP contribution is 2.49. The van der Waals surface area contributed by atoms with Gasteiger partial charge in [0, 0.05) is 60.9 Å². The van der Waals surface area contributed by atoms with E-state index in [1.54, 1.807) is 4.90 Å². The largest absolute Gasteiger partial charge is 0.462 e. The molecule has 0 bridgehead atoms. The lowest BCUT2D eigenvalue weighted by Gasteiger charge is -2.48. The Kier molecular flexibility index (Phi) is 13.8. The Morgan fingerprint density at radius 3 is 2.58 bits per heavy atom. The summed E-state index contributed by atoms with van der Waals surface area (Å²) in [6.45, 7) is 10.9. The highest BCUT2D eigenvalue weighted by molar-refractivity contribution is 5.97. The van der Waals surface area contributed by atoms with Crippen LogP contribution in [0.15, 0.2) is 78.5 Å². The predicted octanol–water partition coefficient (Wildman–Crippen LogP) is 6.28. The summed E-state index contributed by atoms with van der Waals surface area (Å²) in [7, 11) is 2.06. The molecule has 3 aliphatic carbocycles. The molecule has 4 N–H and O–H groups in total. The lowest BCUT2D eigenvalue weighted by atomic mass is 9.65. The first-order valence-corrected chi connectivity index (χ1v) is 26.7. The zero-order chi connectivity index (χ0) is 50.8. The first kappa shape index (κ1) is 50.2. The molecule has 72 heavy (non-hydrogen) atoms. The molecule has 2 aromatic carbocycles. The Labute approximate surface area is 422 Å². The zero-order valence-corrected chi connectivity index (χ0v) is 42.6. The summed E-state index contributed by atoms with van der Waals surface area (Å²) >= 11 is 0. The van der Waals surface area contributed by atoms with Crippen LogP contribution in [0.4, 0.5) is 0 Å². The number of carbonyl (C=O) groups excluding carboxylic acids is 5. The number of H-pyrrole nitrogens is 1. The Morgan fingerprint density at radius 2 is 1.82 bits per heavy atom. The number of allylic oxidation sites excluding steroid dienone is 3. The Morgan fingerprint density at radius 1 is 1.03 bits per heavy atom. The minimum absolute atomic E-state index is 0.0854. The number of hydrogen-bond acceptors (Lipinski definition) is 11. The van der Waals surface area contributed by atoms with Gasteiger partial charge in [-0.15, -0.1) is 0 Å². The van der Waals surface area contributed by atoms with Gasteiger partial charge in [0.25, 0.3) is 11.8 Å². The molecule has 1 aromatic heterocycles. The Hall–Kier alpha value is -5.35. The number of benzene rings is 2. The van der Waals surface area contributed by atoms with Crippen LogP contribution in [0.5, 0.6) is 0 Å². The minimum atomic E-state index is -2.03.